The molecule has 0 fully saturated rings. The lowest BCUT2D eigenvalue weighted by atomic mass is 10.2. The average Bonchev–Trinajstić information content (AvgIpc) is 2.99. The molecule has 106 valence electrons. The molecule has 0 unspecified atom stereocenters. The molecule has 2 rings (SSSR count). The van der Waals surface area contributed by atoms with Crippen LogP contribution in [0.2, 0.25) is 0 Å². The summed E-state index contributed by atoms with van der Waals surface area (Å²) >= 11 is 0. The van der Waals surface area contributed by atoms with E-state index in [4.69, 9.17) is 9.15 Å². The summed E-state index contributed by atoms with van der Waals surface area (Å²) in [5.74, 6) is -0.544. The lowest BCUT2D eigenvalue weighted by Gasteiger charge is -2.07. The van der Waals surface area contributed by atoms with Crippen LogP contribution in [0.1, 0.15) is 33.5 Å². The lowest BCUT2D eigenvalue weighted by Crippen LogP contribution is -2.17. The van der Waals surface area contributed by atoms with Crippen LogP contribution in [0, 0.1) is 6.92 Å². The van der Waals surface area contributed by atoms with Gasteiger partial charge in [-0.1, -0.05) is 0 Å². The largest absolute Gasteiger partial charge is 0.462 e. The van der Waals surface area contributed by atoms with Crippen LogP contribution in [-0.2, 0) is 11.8 Å². The SMILES string of the molecule is CCOC(=O)c1c(C)nn(C)c1NC(=O)c1ccco1. The topological polar surface area (TPSA) is 86.4 Å². The zero-order valence-corrected chi connectivity index (χ0v) is 11.5. The highest BCUT2D eigenvalue weighted by Crippen LogP contribution is 2.20. The fourth-order valence-corrected chi connectivity index (χ4v) is 1.83. The van der Waals surface area contributed by atoms with E-state index in [9.17, 15) is 9.59 Å². The predicted molar refractivity (Wildman–Crippen MR) is 70.6 cm³/mol. The summed E-state index contributed by atoms with van der Waals surface area (Å²) in [4.78, 5) is 23.9. The van der Waals surface area contributed by atoms with Crippen molar-refractivity contribution >= 4 is 17.7 Å². The van der Waals surface area contributed by atoms with E-state index in [0.29, 0.717) is 5.69 Å². The van der Waals surface area contributed by atoms with Crippen molar-refractivity contribution in [1.82, 2.24) is 9.78 Å². The molecule has 1 N–H and O–H groups in total. The molecular formula is C13H15N3O4. The van der Waals surface area contributed by atoms with Crippen LogP contribution in [-0.4, -0.2) is 28.3 Å². The molecule has 7 nitrogen and oxygen atoms in total. The average molecular weight is 277 g/mol. The number of rotatable bonds is 4. The Morgan fingerprint density at radius 3 is 2.85 bits per heavy atom. The molecule has 0 saturated carbocycles. The van der Waals surface area contributed by atoms with Gasteiger partial charge >= 0.3 is 5.97 Å². The van der Waals surface area contributed by atoms with Crippen molar-refractivity contribution in [2.75, 3.05) is 11.9 Å². The molecule has 0 saturated heterocycles. The molecule has 0 aliphatic carbocycles. The Labute approximate surface area is 115 Å². The highest BCUT2D eigenvalue weighted by Gasteiger charge is 2.23. The second-order valence-corrected chi connectivity index (χ2v) is 4.08. The molecule has 2 aromatic rings. The van der Waals surface area contributed by atoms with Gasteiger partial charge in [-0.15, -0.1) is 0 Å². The standard InChI is InChI=1S/C13H15N3O4/c1-4-19-13(18)10-8(2)15-16(3)11(10)14-12(17)9-6-5-7-20-9/h5-7H,4H2,1-3H3,(H,14,17). The van der Waals surface area contributed by atoms with Gasteiger partial charge in [0, 0.05) is 7.05 Å². The van der Waals surface area contributed by atoms with Crippen molar-refractivity contribution < 1.29 is 18.7 Å². The van der Waals surface area contributed by atoms with Gasteiger partial charge in [-0.05, 0) is 26.0 Å². The highest BCUT2D eigenvalue weighted by atomic mass is 16.5. The van der Waals surface area contributed by atoms with Gasteiger partial charge in [0.05, 0.1) is 18.6 Å². The molecule has 2 heterocycles. The number of carbonyl (C=O) groups excluding carboxylic acids is 2. The minimum absolute atomic E-state index is 0.152. The van der Waals surface area contributed by atoms with Crippen LogP contribution in [0.5, 0.6) is 0 Å². The summed E-state index contributed by atoms with van der Waals surface area (Å²) in [6, 6.07) is 3.14. The predicted octanol–water partition coefficient (Wildman–Crippen LogP) is 1.75. The Hall–Kier alpha value is -2.57. The fourth-order valence-electron chi connectivity index (χ4n) is 1.83. The molecule has 0 aliphatic heterocycles. The zero-order chi connectivity index (χ0) is 14.7. The Morgan fingerprint density at radius 2 is 2.25 bits per heavy atom. The highest BCUT2D eigenvalue weighted by molar-refractivity contribution is 6.06. The summed E-state index contributed by atoms with van der Waals surface area (Å²) in [5, 5.41) is 6.73. The molecule has 1 amide bonds. The minimum atomic E-state index is -0.521. The molecule has 7 heteroatoms. The maximum absolute atomic E-state index is 12.0. The van der Waals surface area contributed by atoms with Gasteiger partial charge in [0.25, 0.3) is 5.91 Å². The Morgan fingerprint density at radius 1 is 1.50 bits per heavy atom. The first kappa shape index (κ1) is 13.9. The fraction of sp³-hybridized carbons (Fsp3) is 0.308. The smallest absolute Gasteiger partial charge is 0.343 e. The van der Waals surface area contributed by atoms with Gasteiger partial charge < -0.3 is 14.5 Å². The van der Waals surface area contributed by atoms with E-state index in [1.807, 2.05) is 0 Å². The summed E-state index contributed by atoms with van der Waals surface area (Å²) in [7, 11) is 1.63. The number of aryl methyl sites for hydroxylation is 2. The van der Waals surface area contributed by atoms with Gasteiger partial charge in [-0.25, -0.2) is 4.79 Å². The van der Waals surface area contributed by atoms with E-state index < -0.39 is 11.9 Å². The van der Waals surface area contributed by atoms with E-state index in [1.54, 1.807) is 27.0 Å². The molecule has 0 aliphatic rings. The van der Waals surface area contributed by atoms with Gasteiger partial charge in [0.15, 0.2) is 5.76 Å². The van der Waals surface area contributed by atoms with Gasteiger partial charge in [-0.2, -0.15) is 5.10 Å². The van der Waals surface area contributed by atoms with Gasteiger partial charge in [0.1, 0.15) is 11.4 Å². The molecular weight excluding hydrogens is 262 g/mol. The van der Waals surface area contributed by atoms with Crippen LogP contribution in [0.3, 0.4) is 0 Å². The summed E-state index contributed by atoms with van der Waals surface area (Å²) in [6.45, 7) is 3.64. The maximum Gasteiger partial charge on any atom is 0.343 e. The van der Waals surface area contributed by atoms with Crippen molar-refractivity contribution in [1.29, 1.82) is 0 Å². The van der Waals surface area contributed by atoms with Crippen molar-refractivity contribution in [2.45, 2.75) is 13.8 Å². The molecule has 0 radical (unpaired) electrons. The number of hydrogen-bond acceptors (Lipinski definition) is 5. The lowest BCUT2D eigenvalue weighted by molar-refractivity contribution is 0.0526. The van der Waals surface area contributed by atoms with E-state index in [0.717, 1.165) is 0 Å². The molecule has 2 aromatic heterocycles. The first-order valence-electron chi connectivity index (χ1n) is 6.10. The number of carbonyl (C=O) groups is 2. The Balaban J connectivity index is 2.31. The number of esters is 1. The number of aromatic nitrogens is 2. The first-order valence-corrected chi connectivity index (χ1v) is 6.10. The van der Waals surface area contributed by atoms with Gasteiger partial charge in [0.2, 0.25) is 0 Å². The van der Waals surface area contributed by atoms with E-state index in [2.05, 4.69) is 10.4 Å². The van der Waals surface area contributed by atoms with Crippen LogP contribution in [0.15, 0.2) is 22.8 Å². The monoisotopic (exact) mass is 277 g/mol. The maximum atomic E-state index is 12.0. The number of nitrogens with zero attached hydrogens (tertiary/aromatic N) is 2. The Bertz CT molecular complexity index is 628. The third-order valence-electron chi connectivity index (χ3n) is 2.68. The third kappa shape index (κ3) is 2.56. The summed E-state index contributed by atoms with van der Waals surface area (Å²) < 4.78 is 11.4. The first-order chi connectivity index (χ1) is 9.54. The van der Waals surface area contributed by atoms with Crippen LogP contribution in [0.25, 0.3) is 0 Å². The minimum Gasteiger partial charge on any atom is -0.462 e. The van der Waals surface area contributed by atoms with Crippen molar-refractivity contribution in [3.05, 3.63) is 35.4 Å². The van der Waals surface area contributed by atoms with Crippen molar-refractivity contribution in [2.24, 2.45) is 7.05 Å². The third-order valence-corrected chi connectivity index (χ3v) is 2.68. The molecule has 0 spiro atoms. The number of nitrogens with one attached hydrogen (secondary N) is 1. The second kappa shape index (κ2) is 5.60. The number of amides is 1. The quantitative estimate of drug-likeness (QED) is 0.860. The number of hydrogen-bond donors (Lipinski definition) is 1. The zero-order valence-electron chi connectivity index (χ0n) is 11.5. The normalized spacial score (nSPS) is 10.3. The summed E-state index contributed by atoms with van der Waals surface area (Å²) in [6.07, 6.45) is 1.40. The van der Waals surface area contributed by atoms with Crippen LogP contribution < -0.4 is 5.32 Å². The molecule has 0 aromatic carbocycles. The number of furan rings is 1. The van der Waals surface area contributed by atoms with E-state index >= 15 is 0 Å². The second-order valence-electron chi connectivity index (χ2n) is 4.08. The number of anilines is 1. The molecule has 0 bridgehead atoms. The van der Waals surface area contributed by atoms with Crippen molar-refractivity contribution in [3.8, 4) is 0 Å². The Kier molecular flexibility index (Phi) is 3.88. The van der Waals surface area contributed by atoms with Crippen LogP contribution in [0.4, 0.5) is 5.82 Å². The van der Waals surface area contributed by atoms with E-state index in [-0.39, 0.29) is 23.7 Å². The van der Waals surface area contributed by atoms with Gasteiger partial charge in [-0.3, -0.25) is 9.48 Å². The van der Waals surface area contributed by atoms with Crippen LogP contribution >= 0.6 is 0 Å². The molecule has 0 atom stereocenters. The van der Waals surface area contributed by atoms with E-state index in [1.165, 1.54) is 17.0 Å². The molecule has 20 heavy (non-hydrogen) atoms. The van der Waals surface area contributed by atoms with Crippen molar-refractivity contribution in [3.63, 3.8) is 0 Å². The summed E-state index contributed by atoms with van der Waals surface area (Å²) in [5.41, 5.74) is 0.731. The number of ether oxygens (including phenoxy) is 1.